The van der Waals surface area contributed by atoms with E-state index in [1.807, 2.05) is 39.1 Å². The van der Waals surface area contributed by atoms with Crippen LogP contribution in [0.4, 0.5) is 0 Å². The van der Waals surface area contributed by atoms with Gasteiger partial charge in [0.2, 0.25) is 5.91 Å². The van der Waals surface area contributed by atoms with Crippen LogP contribution in [0.25, 0.3) is 11.3 Å². The SMILES string of the molecule is CC(C)(C)OC(=O)c1ccc(-c2cn3c(n2)C(CNC(=O)CC(N)C(=O)OC(C)(C)C)CCC3)cc1. The van der Waals surface area contributed by atoms with E-state index in [1.165, 1.54) is 0 Å². The van der Waals surface area contributed by atoms with Crippen molar-refractivity contribution in [1.82, 2.24) is 14.9 Å². The van der Waals surface area contributed by atoms with Crippen molar-refractivity contribution in [3.05, 3.63) is 41.9 Å². The number of nitrogens with one attached hydrogen (secondary N) is 1. The first-order valence-electron chi connectivity index (χ1n) is 12.4. The summed E-state index contributed by atoms with van der Waals surface area (Å²) in [6.45, 7) is 12.0. The first kappa shape index (κ1) is 27.4. The molecule has 0 fully saturated rings. The van der Waals surface area contributed by atoms with E-state index in [4.69, 9.17) is 20.2 Å². The third-order valence-electron chi connectivity index (χ3n) is 5.60. The van der Waals surface area contributed by atoms with E-state index in [9.17, 15) is 14.4 Å². The van der Waals surface area contributed by atoms with Crippen LogP contribution in [0.1, 0.15) is 82.9 Å². The first-order valence-corrected chi connectivity index (χ1v) is 12.4. The van der Waals surface area contributed by atoms with Crippen LogP contribution in [0.3, 0.4) is 0 Å². The average Bonchev–Trinajstić information content (AvgIpc) is 3.20. The second-order valence-electron chi connectivity index (χ2n) is 11.2. The van der Waals surface area contributed by atoms with Crippen molar-refractivity contribution < 1.29 is 23.9 Å². The molecule has 0 aliphatic carbocycles. The number of nitrogens with zero attached hydrogens (tertiary/aromatic N) is 2. The predicted octanol–water partition coefficient (Wildman–Crippen LogP) is 3.56. The zero-order valence-electron chi connectivity index (χ0n) is 22.1. The zero-order chi connectivity index (χ0) is 26.7. The van der Waals surface area contributed by atoms with E-state index in [0.29, 0.717) is 12.1 Å². The summed E-state index contributed by atoms with van der Waals surface area (Å²) >= 11 is 0. The normalized spacial score (nSPS) is 16.6. The molecule has 0 radical (unpaired) electrons. The van der Waals surface area contributed by atoms with Crippen LogP contribution in [0, 0.1) is 0 Å². The number of benzene rings is 1. The number of nitrogens with two attached hydrogens (primary N) is 1. The number of amides is 1. The third-order valence-corrected chi connectivity index (χ3v) is 5.60. The summed E-state index contributed by atoms with van der Waals surface area (Å²) in [4.78, 5) is 41.6. The van der Waals surface area contributed by atoms with Crippen molar-refractivity contribution in [3.63, 3.8) is 0 Å². The van der Waals surface area contributed by atoms with Crippen LogP contribution in [-0.2, 0) is 25.6 Å². The third kappa shape index (κ3) is 7.65. The molecule has 1 aliphatic rings. The molecule has 0 spiro atoms. The molecule has 3 rings (SSSR count). The minimum absolute atomic E-state index is 0.0511. The largest absolute Gasteiger partial charge is 0.459 e. The smallest absolute Gasteiger partial charge is 0.338 e. The molecule has 9 nitrogen and oxygen atoms in total. The Morgan fingerprint density at radius 3 is 2.33 bits per heavy atom. The molecule has 1 aromatic carbocycles. The van der Waals surface area contributed by atoms with Gasteiger partial charge in [0.05, 0.1) is 17.7 Å². The highest BCUT2D eigenvalue weighted by Crippen LogP contribution is 2.30. The molecule has 36 heavy (non-hydrogen) atoms. The molecule has 0 bridgehead atoms. The number of hydrogen-bond acceptors (Lipinski definition) is 7. The van der Waals surface area contributed by atoms with Gasteiger partial charge in [0.1, 0.15) is 23.1 Å². The number of hydrogen-bond donors (Lipinski definition) is 2. The molecule has 1 amide bonds. The number of carbonyl (C=O) groups is 3. The van der Waals surface area contributed by atoms with Gasteiger partial charge >= 0.3 is 11.9 Å². The van der Waals surface area contributed by atoms with Crippen LogP contribution in [0.15, 0.2) is 30.5 Å². The Hall–Kier alpha value is -3.20. The highest BCUT2D eigenvalue weighted by Gasteiger charge is 2.27. The zero-order valence-corrected chi connectivity index (χ0v) is 22.1. The van der Waals surface area contributed by atoms with Gasteiger partial charge in [0, 0.05) is 30.8 Å². The predicted molar refractivity (Wildman–Crippen MR) is 136 cm³/mol. The highest BCUT2D eigenvalue weighted by molar-refractivity contribution is 5.90. The van der Waals surface area contributed by atoms with Crippen LogP contribution >= 0.6 is 0 Å². The molecule has 2 aromatic rings. The summed E-state index contributed by atoms with van der Waals surface area (Å²) in [5, 5.41) is 2.90. The molecular formula is C27H38N4O5. The van der Waals surface area contributed by atoms with Crippen molar-refractivity contribution in [3.8, 4) is 11.3 Å². The van der Waals surface area contributed by atoms with Gasteiger partial charge in [-0.05, 0) is 66.5 Å². The maximum absolute atomic E-state index is 12.4. The van der Waals surface area contributed by atoms with E-state index < -0.39 is 23.2 Å². The lowest BCUT2D eigenvalue weighted by molar-refractivity contribution is -0.157. The molecular weight excluding hydrogens is 460 g/mol. The van der Waals surface area contributed by atoms with Gasteiger partial charge in [-0.1, -0.05) is 12.1 Å². The molecule has 1 aromatic heterocycles. The second-order valence-corrected chi connectivity index (χ2v) is 11.2. The maximum atomic E-state index is 12.4. The van der Waals surface area contributed by atoms with Gasteiger partial charge in [-0.15, -0.1) is 0 Å². The number of esters is 2. The van der Waals surface area contributed by atoms with Gasteiger partial charge in [0.15, 0.2) is 0 Å². The van der Waals surface area contributed by atoms with Crippen LogP contribution in [-0.4, -0.2) is 51.2 Å². The number of rotatable bonds is 7. The van der Waals surface area contributed by atoms with Crippen molar-refractivity contribution in [1.29, 1.82) is 0 Å². The summed E-state index contributed by atoms with van der Waals surface area (Å²) in [7, 11) is 0. The molecule has 3 N–H and O–H groups in total. The lowest BCUT2D eigenvalue weighted by atomic mass is 9.99. The van der Waals surface area contributed by atoms with Crippen molar-refractivity contribution in [2.75, 3.05) is 6.54 Å². The lowest BCUT2D eigenvalue weighted by Crippen LogP contribution is -2.42. The number of carbonyl (C=O) groups excluding carboxylic acids is 3. The van der Waals surface area contributed by atoms with E-state index >= 15 is 0 Å². The maximum Gasteiger partial charge on any atom is 0.338 e. The van der Waals surface area contributed by atoms with E-state index in [-0.39, 0.29) is 24.2 Å². The fraction of sp³-hybridized carbons (Fsp3) is 0.556. The lowest BCUT2D eigenvalue weighted by Gasteiger charge is -2.24. The number of aryl methyl sites for hydroxylation is 1. The molecule has 2 unspecified atom stereocenters. The van der Waals surface area contributed by atoms with E-state index in [1.54, 1.807) is 32.9 Å². The number of fused-ring (bicyclic) bond motifs is 1. The molecule has 0 saturated heterocycles. The number of imidazole rings is 1. The van der Waals surface area contributed by atoms with Gasteiger partial charge in [-0.3, -0.25) is 9.59 Å². The highest BCUT2D eigenvalue weighted by atomic mass is 16.6. The van der Waals surface area contributed by atoms with Crippen LogP contribution in [0.5, 0.6) is 0 Å². The molecule has 2 heterocycles. The fourth-order valence-electron chi connectivity index (χ4n) is 3.99. The van der Waals surface area contributed by atoms with Gasteiger partial charge in [-0.2, -0.15) is 0 Å². The Balaban J connectivity index is 1.61. The van der Waals surface area contributed by atoms with Crippen LogP contribution in [0.2, 0.25) is 0 Å². The summed E-state index contributed by atoms with van der Waals surface area (Å²) in [5.74, 6) is -0.289. The average molecular weight is 499 g/mol. The molecule has 9 heteroatoms. The van der Waals surface area contributed by atoms with Crippen molar-refractivity contribution in [2.24, 2.45) is 5.73 Å². The summed E-state index contributed by atoms with van der Waals surface area (Å²) in [6.07, 6.45) is 3.74. The topological polar surface area (TPSA) is 126 Å². The number of ether oxygens (including phenoxy) is 2. The Kier molecular flexibility index (Phi) is 8.23. The Labute approximate surface area is 212 Å². The van der Waals surface area contributed by atoms with Crippen molar-refractivity contribution in [2.45, 2.75) is 90.5 Å². The van der Waals surface area contributed by atoms with E-state index in [0.717, 1.165) is 36.5 Å². The van der Waals surface area contributed by atoms with Gasteiger partial charge in [0.25, 0.3) is 0 Å². The molecule has 1 aliphatic heterocycles. The Bertz CT molecular complexity index is 1090. The first-order chi connectivity index (χ1) is 16.7. The Morgan fingerprint density at radius 2 is 1.72 bits per heavy atom. The van der Waals surface area contributed by atoms with Gasteiger partial charge in [-0.25, -0.2) is 9.78 Å². The minimum atomic E-state index is -1.01. The monoisotopic (exact) mass is 498 g/mol. The summed E-state index contributed by atoms with van der Waals surface area (Å²) in [5.41, 5.74) is 6.85. The van der Waals surface area contributed by atoms with Crippen molar-refractivity contribution >= 4 is 17.8 Å². The summed E-state index contributed by atoms with van der Waals surface area (Å²) in [6, 6.07) is 6.21. The second kappa shape index (κ2) is 10.8. The standard InChI is InChI=1S/C27H38N4O5/c1-26(2,3)35-24(33)18-11-9-17(10-12-18)21-16-31-13-7-8-19(23(31)30-21)15-29-22(32)14-20(28)25(34)36-27(4,5)6/h9-12,16,19-20H,7-8,13-15,28H2,1-6H3,(H,29,32). The van der Waals surface area contributed by atoms with E-state index in [2.05, 4.69) is 9.88 Å². The molecule has 0 saturated carbocycles. The molecule has 2 atom stereocenters. The molecule has 196 valence electrons. The summed E-state index contributed by atoms with van der Waals surface area (Å²) < 4.78 is 12.8. The quantitative estimate of drug-likeness (QED) is 0.559. The minimum Gasteiger partial charge on any atom is -0.459 e. The number of aromatic nitrogens is 2. The van der Waals surface area contributed by atoms with Crippen LogP contribution < -0.4 is 11.1 Å². The van der Waals surface area contributed by atoms with Gasteiger partial charge < -0.3 is 25.1 Å². The Morgan fingerprint density at radius 1 is 1.08 bits per heavy atom. The fourth-order valence-corrected chi connectivity index (χ4v) is 3.99.